The summed E-state index contributed by atoms with van der Waals surface area (Å²) in [7, 11) is 0. The van der Waals surface area contributed by atoms with Gasteiger partial charge in [-0.15, -0.1) is 0 Å². The van der Waals surface area contributed by atoms with Crippen LogP contribution in [0.5, 0.6) is 0 Å². The van der Waals surface area contributed by atoms with Gasteiger partial charge in [0, 0.05) is 6.61 Å². The van der Waals surface area contributed by atoms with E-state index in [-0.39, 0.29) is 0 Å². The Morgan fingerprint density at radius 2 is 1.16 bits per heavy atom. The van der Waals surface area contributed by atoms with Gasteiger partial charge in [-0.05, 0) is 51.4 Å². The van der Waals surface area contributed by atoms with E-state index in [1.165, 1.54) is 25.7 Å². The number of aliphatic hydroxyl groups excluding tert-OH is 1. The van der Waals surface area contributed by atoms with Crippen molar-refractivity contribution in [2.24, 2.45) is 0 Å². The molecule has 0 aliphatic heterocycles. The lowest BCUT2D eigenvalue weighted by Gasteiger charge is -1.92. The second-order valence-electron chi connectivity index (χ2n) is 4.94. The molecule has 0 aliphatic rings. The molecule has 0 unspecified atom stereocenters. The highest BCUT2D eigenvalue weighted by atomic mass is 16.2. The monoisotopic (exact) mass is 264 g/mol. The van der Waals surface area contributed by atoms with Crippen molar-refractivity contribution in [2.45, 2.75) is 71.1 Å². The van der Waals surface area contributed by atoms with Gasteiger partial charge in [0.15, 0.2) is 0 Å². The average molecular weight is 264 g/mol. The lowest BCUT2D eigenvalue weighted by Crippen LogP contribution is -1.80. The molecule has 0 aromatic rings. The molecule has 0 saturated heterocycles. The molecular formula is C18H32O. The first kappa shape index (κ1) is 18.2. The molecule has 0 radical (unpaired) electrons. The predicted molar refractivity (Wildman–Crippen MR) is 86.3 cm³/mol. The Hall–Kier alpha value is -0.820. The normalized spacial score (nSPS) is 12.3. The Bertz CT molecular complexity index is 238. The van der Waals surface area contributed by atoms with Crippen molar-refractivity contribution in [3.63, 3.8) is 0 Å². The zero-order valence-corrected chi connectivity index (χ0v) is 12.7. The maximum Gasteiger partial charge on any atom is 0.0431 e. The van der Waals surface area contributed by atoms with Gasteiger partial charge < -0.3 is 5.11 Å². The molecule has 0 atom stereocenters. The molecule has 0 aromatic carbocycles. The SMILES string of the molecule is CCCCCC=CCC=CCCC=CCCCCO. The number of hydrogen-bond acceptors (Lipinski definition) is 1. The molecule has 0 aromatic heterocycles. The predicted octanol–water partition coefficient (Wildman–Crippen LogP) is 5.57. The topological polar surface area (TPSA) is 20.2 Å². The van der Waals surface area contributed by atoms with E-state index in [9.17, 15) is 0 Å². The van der Waals surface area contributed by atoms with Crippen molar-refractivity contribution >= 4 is 0 Å². The van der Waals surface area contributed by atoms with Crippen molar-refractivity contribution in [1.29, 1.82) is 0 Å². The van der Waals surface area contributed by atoms with Crippen LogP contribution in [0.15, 0.2) is 36.5 Å². The summed E-state index contributed by atoms with van der Waals surface area (Å²) in [4.78, 5) is 0. The molecule has 0 spiro atoms. The van der Waals surface area contributed by atoms with Crippen LogP contribution in [-0.2, 0) is 0 Å². The van der Waals surface area contributed by atoms with Crippen LogP contribution in [0, 0.1) is 0 Å². The minimum absolute atomic E-state index is 0.322. The number of aliphatic hydroxyl groups is 1. The summed E-state index contributed by atoms with van der Waals surface area (Å²) in [5.41, 5.74) is 0. The summed E-state index contributed by atoms with van der Waals surface area (Å²) in [5.74, 6) is 0. The minimum atomic E-state index is 0.322. The van der Waals surface area contributed by atoms with E-state index in [1.807, 2.05) is 0 Å². The van der Waals surface area contributed by atoms with Gasteiger partial charge in [0.05, 0.1) is 0 Å². The Balaban J connectivity index is 3.25. The molecule has 0 rings (SSSR count). The van der Waals surface area contributed by atoms with E-state index in [0.717, 1.165) is 38.5 Å². The summed E-state index contributed by atoms with van der Waals surface area (Å²) in [5, 5.41) is 8.63. The molecule has 1 nitrogen and oxygen atoms in total. The van der Waals surface area contributed by atoms with Crippen molar-refractivity contribution in [2.75, 3.05) is 6.61 Å². The standard InChI is InChI=1S/C18H32O/c1-2-3-4-5-6-7-8-9-10-11-12-13-14-15-16-17-18-19/h6-7,9-10,13-14,19H,2-5,8,11-12,15-18H2,1H3. The number of allylic oxidation sites excluding steroid dienone is 6. The molecule has 0 heterocycles. The third-order valence-electron chi connectivity index (χ3n) is 3.03. The molecule has 0 bridgehead atoms. The highest BCUT2D eigenvalue weighted by Crippen LogP contribution is 2.02. The average Bonchev–Trinajstić information content (AvgIpc) is 2.43. The lowest BCUT2D eigenvalue weighted by atomic mass is 10.2. The van der Waals surface area contributed by atoms with Crippen LogP contribution in [0.3, 0.4) is 0 Å². The van der Waals surface area contributed by atoms with E-state index < -0.39 is 0 Å². The van der Waals surface area contributed by atoms with Crippen LogP contribution in [-0.4, -0.2) is 11.7 Å². The van der Waals surface area contributed by atoms with Gasteiger partial charge in [0.2, 0.25) is 0 Å². The van der Waals surface area contributed by atoms with E-state index in [4.69, 9.17) is 5.11 Å². The molecule has 0 amide bonds. The first-order valence-electron chi connectivity index (χ1n) is 7.97. The fourth-order valence-electron chi connectivity index (χ4n) is 1.82. The lowest BCUT2D eigenvalue weighted by molar-refractivity contribution is 0.285. The Kier molecular flexibility index (Phi) is 16.4. The summed E-state index contributed by atoms with van der Waals surface area (Å²) < 4.78 is 0. The Morgan fingerprint density at radius 3 is 1.79 bits per heavy atom. The maximum atomic E-state index is 8.63. The fraction of sp³-hybridized carbons (Fsp3) is 0.667. The summed E-state index contributed by atoms with van der Waals surface area (Å²) in [6.07, 6.45) is 25.3. The van der Waals surface area contributed by atoms with Crippen molar-refractivity contribution in [1.82, 2.24) is 0 Å². The van der Waals surface area contributed by atoms with Crippen molar-refractivity contribution < 1.29 is 5.11 Å². The summed E-state index contributed by atoms with van der Waals surface area (Å²) in [6.45, 7) is 2.57. The molecular weight excluding hydrogens is 232 g/mol. The van der Waals surface area contributed by atoms with Crippen molar-refractivity contribution in [3.05, 3.63) is 36.5 Å². The number of rotatable bonds is 13. The first-order valence-corrected chi connectivity index (χ1v) is 7.97. The largest absolute Gasteiger partial charge is 0.396 e. The second-order valence-corrected chi connectivity index (χ2v) is 4.94. The van der Waals surface area contributed by atoms with Gasteiger partial charge in [0.1, 0.15) is 0 Å². The molecule has 0 saturated carbocycles. The van der Waals surface area contributed by atoms with Gasteiger partial charge >= 0.3 is 0 Å². The molecule has 0 aliphatic carbocycles. The highest BCUT2D eigenvalue weighted by molar-refractivity contribution is 4.94. The van der Waals surface area contributed by atoms with Crippen LogP contribution in [0.25, 0.3) is 0 Å². The Labute approximate surface area is 120 Å². The van der Waals surface area contributed by atoms with Crippen LogP contribution >= 0.6 is 0 Å². The Morgan fingerprint density at radius 1 is 0.632 bits per heavy atom. The second kappa shape index (κ2) is 17.2. The van der Waals surface area contributed by atoms with Crippen LogP contribution in [0.2, 0.25) is 0 Å². The third kappa shape index (κ3) is 17.2. The molecule has 1 heteroatoms. The van der Waals surface area contributed by atoms with Crippen molar-refractivity contribution in [3.8, 4) is 0 Å². The summed E-state index contributed by atoms with van der Waals surface area (Å²) in [6, 6.07) is 0. The van der Waals surface area contributed by atoms with Crippen LogP contribution in [0.4, 0.5) is 0 Å². The van der Waals surface area contributed by atoms with Gasteiger partial charge in [-0.3, -0.25) is 0 Å². The minimum Gasteiger partial charge on any atom is -0.396 e. The van der Waals surface area contributed by atoms with Gasteiger partial charge in [-0.25, -0.2) is 0 Å². The van der Waals surface area contributed by atoms with E-state index in [1.54, 1.807) is 0 Å². The van der Waals surface area contributed by atoms with Gasteiger partial charge in [0.25, 0.3) is 0 Å². The third-order valence-corrected chi connectivity index (χ3v) is 3.03. The fourth-order valence-corrected chi connectivity index (χ4v) is 1.82. The van der Waals surface area contributed by atoms with E-state index >= 15 is 0 Å². The van der Waals surface area contributed by atoms with Gasteiger partial charge in [-0.2, -0.15) is 0 Å². The molecule has 1 N–H and O–H groups in total. The maximum absolute atomic E-state index is 8.63. The van der Waals surface area contributed by atoms with Crippen LogP contribution < -0.4 is 0 Å². The molecule has 0 fully saturated rings. The number of hydrogen-bond donors (Lipinski definition) is 1. The summed E-state index contributed by atoms with van der Waals surface area (Å²) >= 11 is 0. The quantitative estimate of drug-likeness (QED) is 0.340. The highest BCUT2D eigenvalue weighted by Gasteiger charge is 1.83. The first-order chi connectivity index (χ1) is 9.41. The zero-order valence-electron chi connectivity index (χ0n) is 12.7. The van der Waals surface area contributed by atoms with E-state index in [2.05, 4.69) is 43.4 Å². The number of unbranched alkanes of at least 4 members (excludes halogenated alkanes) is 6. The smallest absolute Gasteiger partial charge is 0.0431 e. The van der Waals surface area contributed by atoms with Gasteiger partial charge in [-0.1, -0.05) is 56.2 Å². The van der Waals surface area contributed by atoms with Crippen LogP contribution in [0.1, 0.15) is 71.1 Å². The molecule has 19 heavy (non-hydrogen) atoms. The van der Waals surface area contributed by atoms with E-state index in [0.29, 0.717) is 6.61 Å². The zero-order chi connectivity index (χ0) is 14.0. The molecule has 110 valence electrons.